The number of hydrogen-bond donors (Lipinski definition) is 0. The molecule has 0 N–H and O–H groups in total. The Hall–Kier alpha value is -2.89. The Bertz CT molecular complexity index is 917. The molecule has 6 heteroatoms. The molecule has 28 heavy (non-hydrogen) atoms. The first kappa shape index (κ1) is 19.9. The number of nitrogens with zero attached hydrogens (tertiary/aromatic N) is 2. The molecule has 6 nitrogen and oxygen atoms in total. The van der Waals surface area contributed by atoms with Gasteiger partial charge in [0.25, 0.3) is 0 Å². The molecule has 0 saturated carbocycles. The van der Waals surface area contributed by atoms with Crippen LogP contribution in [-0.2, 0) is 16.6 Å². The van der Waals surface area contributed by atoms with Crippen LogP contribution in [0.15, 0.2) is 30.5 Å². The summed E-state index contributed by atoms with van der Waals surface area (Å²) in [6.45, 7) is 4.29. The third kappa shape index (κ3) is 4.16. The van der Waals surface area contributed by atoms with Gasteiger partial charge in [0.1, 0.15) is 5.69 Å². The Morgan fingerprint density at radius 1 is 1.04 bits per heavy atom. The van der Waals surface area contributed by atoms with Gasteiger partial charge in [-0.2, -0.15) is 0 Å². The van der Waals surface area contributed by atoms with Crippen molar-refractivity contribution in [3.63, 3.8) is 0 Å². The summed E-state index contributed by atoms with van der Waals surface area (Å²) in [7, 11) is 1.30. The highest BCUT2D eigenvalue weighted by atomic mass is 16.5. The zero-order chi connectivity index (χ0) is 20.3. The van der Waals surface area contributed by atoms with Gasteiger partial charge in [0.15, 0.2) is 11.6 Å². The van der Waals surface area contributed by atoms with Crippen LogP contribution in [0.4, 0.5) is 0 Å². The standard InChI is InChI=1S/C22H24N2O4/c1-22(2)12-4-5-16-20(22)23-13-17(24-16)19(26)11-10-18(25)14-6-8-15(9-7-14)21(27)28-3/h6-9,13H,4-5,10-12H2,1-3H3. The maximum absolute atomic E-state index is 12.5. The van der Waals surface area contributed by atoms with Gasteiger partial charge >= 0.3 is 5.97 Å². The van der Waals surface area contributed by atoms with E-state index in [-0.39, 0.29) is 29.8 Å². The van der Waals surface area contributed by atoms with E-state index in [4.69, 9.17) is 0 Å². The second-order valence-electron chi connectivity index (χ2n) is 7.70. The van der Waals surface area contributed by atoms with Crippen LogP contribution in [0.2, 0.25) is 0 Å². The average Bonchev–Trinajstić information content (AvgIpc) is 2.70. The summed E-state index contributed by atoms with van der Waals surface area (Å²) in [5.41, 5.74) is 3.00. The molecule has 0 spiro atoms. The second-order valence-corrected chi connectivity index (χ2v) is 7.70. The van der Waals surface area contributed by atoms with E-state index in [0.29, 0.717) is 16.8 Å². The lowest BCUT2D eigenvalue weighted by molar-refractivity contribution is 0.0600. The molecular weight excluding hydrogens is 356 g/mol. The number of ether oxygens (including phenoxy) is 1. The minimum Gasteiger partial charge on any atom is -0.465 e. The van der Waals surface area contributed by atoms with Crippen molar-refractivity contribution in [3.05, 3.63) is 58.7 Å². The zero-order valence-corrected chi connectivity index (χ0v) is 16.4. The van der Waals surface area contributed by atoms with Crippen LogP contribution in [0, 0.1) is 0 Å². The van der Waals surface area contributed by atoms with Gasteiger partial charge in [-0.1, -0.05) is 26.0 Å². The van der Waals surface area contributed by atoms with E-state index in [1.165, 1.54) is 25.4 Å². The van der Waals surface area contributed by atoms with Crippen LogP contribution < -0.4 is 0 Å². The highest BCUT2D eigenvalue weighted by Crippen LogP contribution is 2.34. The predicted molar refractivity (Wildman–Crippen MR) is 104 cm³/mol. The van der Waals surface area contributed by atoms with E-state index in [2.05, 4.69) is 28.6 Å². The lowest BCUT2D eigenvalue weighted by atomic mass is 9.77. The maximum Gasteiger partial charge on any atom is 0.337 e. The van der Waals surface area contributed by atoms with E-state index < -0.39 is 5.97 Å². The molecule has 1 aromatic carbocycles. The largest absolute Gasteiger partial charge is 0.465 e. The van der Waals surface area contributed by atoms with Crippen LogP contribution >= 0.6 is 0 Å². The van der Waals surface area contributed by atoms with Crippen molar-refractivity contribution < 1.29 is 19.1 Å². The summed E-state index contributed by atoms with van der Waals surface area (Å²) in [4.78, 5) is 45.3. The predicted octanol–water partition coefficient (Wildman–Crippen LogP) is 3.72. The lowest BCUT2D eigenvalue weighted by Gasteiger charge is -2.30. The Morgan fingerprint density at radius 3 is 2.36 bits per heavy atom. The zero-order valence-electron chi connectivity index (χ0n) is 16.4. The topological polar surface area (TPSA) is 86.2 Å². The fraction of sp³-hybridized carbons (Fsp3) is 0.409. The number of ketones is 2. The number of carbonyl (C=O) groups excluding carboxylic acids is 3. The quantitative estimate of drug-likeness (QED) is 0.561. The fourth-order valence-corrected chi connectivity index (χ4v) is 3.53. The third-order valence-corrected chi connectivity index (χ3v) is 5.19. The van der Waals surface area contributed by atoms with Crippen LogP contribution in [0.3, 0.4) is 0 Å². The molecule has 2 aromatic rings. The Morgan fingerprint density at radius 2 is 1.68 bits per heavy atom. The van der Waals surface area contributed by atoms with E-state index in [9.17, 15) is 14.4 Å². The van der Waals surface area contributed by atoms with Gasteiger partial charge < -0.3 is 4.74 Å². The molecule has 146 valence electrons. The summed E-state index contributed by atoms with van der Waals surface area (Å²) in [5.74, 6) is -0.793. The molecule has 3 rings (SSSR count). The van der Waals surface area contributed by atoms with Gasteiger partial charge in [0.2, 0.25) is 0 Å². The summed E-state index contributed by atoms with van der Waals surface area (Å²) in [5, 5.41) is 0. The molecule has 1 heterocycles. The van der Waals surface area contributed by atoms with Crippen LogP contribution in [-0.4, -0.2) is 34.6 Å². The number of Topliss-reactive ketones (excluding diaryl/α,β-unsaturated/α-hetero) is 2. The van der Waals surface area contributed by atoms with Crippen molar-refractivity contribution in [2.45, 2.75) is 51.4 Å². The number of esters is 1. The molecule has 0 atom stereocenters. The number of carbonyl (C=O) groups is 3. The number of aromatic nitrogens is 2. The average molecular weight is 380 g/mol. The van der Waals surface area contributed by atoms with Gasteiger partial charge in [-0.25, -0.2) is 9.78 Å². The highest BCUT2D eigenvalue weighted by molar-refractivity contribution is 6.01. The molecule has 1 aliphatic carbocycles. The van der Waals surface area contributed by atoms with E-state index in [0.717, 1.165) is 30.7 Å². The minimum absolute atomic E-state index is 0.0194. The van der Waals surface area contributed by atoms with Crippen molar-refractivity contribution in [1.82, 2.24) is 9.97 Å². The van der Waals surface area contributed by atoms with Gasteiger partial charge in [0, 0.05) is 23.8 Å². The Labute approximate surface area is 164 Å². The molecule has 0 bridgehead atoms. The van der Waals surface area contributed by atoms with Gasteiger partial charge in [-0.15, -0.1) is 0 Å². The first-order valence-corrected chi connectivity index (χ1v) is 9.43. The molecular formula is C22H24N2O4. The smallest absolute Gasteiger partial charge is 0.337 e. The van der Waals surface area contributed by atoms with Crippen molar-refractivity contribution in [2.24, 2.45) is 0 Å². The molecule has 1 aliphatic rings. The normalized spacial score (nSPS) is 14.8. The lowest BCUT2D eigenvalue weighted by Crippen LogP contribution is -2.27. The van der Waals surface area contributed by atoms with Crippen molar-refractivity contribution >= 4 is 17.5 Å². The van der Waals surface area contributed by atoms with E-state index >= 15 is 0 Å². The molecule has 0 aliphatic heterocycles. The number of aryl methyl sites for hydroxylation is 1. The fourth-order valence-electron chi connectivity index (χ4n) is 3.53. The molecule has 1 aromatic heterocycles. The summed E-state index contributed by atoms with van der Waals surface area (Å²) in [6, 6.07) is 6.22. The number of methoxy groups -OCH3 is 1. The molecule has 0 radical (unpaired) electrons. The number of benzene rings is 1. The van der Waals surface area contributed by atoms with Crippen LogP contribution in [0.5, 0.6) is 0 Å². The van der Waals surface area contributed by atoms with Crippen molar-refractivity contribution in [1.29, 1.82) is 0 Å². The summed E-state index contributed by atoms with van der Waals surface area (Å²) < 4.78 is 4.64. The third-order valence-electron chi connectivity index (χ3n) is 5.19. The van der Waals surface area contributed by atoms with E-state index in [1.54, 1.807) is 12.1 Å². The molecule has 0 amide bonds. The Balaban J connectivity index is 1.64. The van der Waals surface area contributed by atoms with Crippen molar-refractivity contribution in [3.8, 4) is 0 Å². The summed E-state index contributed by atoms with van der Waals surface area (Å²) >= 11 is 0. The SMILES string of the molecule is COC(=O)c1ccc(C(=O)CCC(=O)c2cnc3c(n2)CCCC3(C)C)cc1. The van der Waals surface area contributed by atoms with Gasteiger partial charge in [-0.3, -0.25) is 14.6 Å². The number of fused-ring (bicyclic) bond motifs is 1. The van der Waals surface area contributed by atoms with E-state index in [1.807, 2.05) is 0 Å². The molecule has 0 saturated heterocycles. The number of rotatable bonds is 6. The second kappa shape index (κ2) is 8.00. The van der Waals surface area contributed by atoms with Crippen LogP contribution in [0.25, 0.3) is 0 Å². The van der Waals surface area contributed by atoms with Gasteiger partial charge in [0.05, 0.1) is 30.3 Å². The summed E-state index contributed by atoms with van der Waals surface area (Å²) in [6.07, 6.45) is 4.62. The molecule has 0 unspecified atom stereocenters. The first-order valence-electron chi connectivity index (χ1n) is 9.43. The maximum atomic E-state index is 12.5. The minimum atomic E-state index is -0.455. The number of hydrogen-bond acceptors (Lipinski definition) is 6. The van der Waals surface area contributed by atoms with Crippen molar-refractivity contribution in [2.75, 3.05) is 7.11 Å². The Kier molecular flexibility index (Phi) is 5.68. The van der Waals surface area contributed by atoms with Gasteiger partial charge in [-0.05, 0) is 31.4 Å². The van der Waals surface area contributed by atoms with Crippen LogP contribution in [0.1, 0.15) is 82.1 Å². The first-order chi connectivity index (χ1) is 13.3. The highest BCUT2D eigenvalue weighted by Gasteiger charge is 2.30. The molecule has 0 fully saturated rings. The monoisotopic (exact) mass is 380 g/mol.